The highest BCUT2D eigenvalue weighted by Crippen LogP contribution is 2.11. The van der Waals surface area contributed by atoms with Crippen LogP contribution in [-0.2, 0) is 13.1 Å². The maximum absolute atomic E-state index is 5.68. The van der Waals surface area contributed by atoms with Crippen molar-refractivity contribution in [3.05, 3.63) is 47.8 Å². The van der Waals surface area contributed by atoms with Crippen LogP contribution in [0.2, 0.25) is 0 Å². The number of hydrogen-bond acceptors (Lipinski definition) is 5. The van der Waals surface area contributed by atoms with Crippen LogP contribution in [0, 0.1) is 0 Å². The fourth-order valence-electron chi connectivity index (χ4n) is 1.62. The number of aromatic nitrogens is 2. The van der Waals surface area contributed by atoms with Gasteiger partial charge in [0.15, 0.2) is 5.75 Å². The van der Waals surface area contributed by atoms with Crippen molar-refractivity contribution < 1.29 is 4.74 Å². The van der Waals surface area contributed by atoms with Crippen molar-refractivity contribution >= 4 is 5.95 Å². The first kappa shape index (κ1) is 12.3. The standard InChI is InChI=1S/C13H16N4O/c1-18-12-8-16-13(17-9-12)15-7-11-5-3-2-4-10(11)6-14/h2-5,8-9H,6-7,14H2,1H3,(H,15,16,17). The molecule has 5 heteroatoms. The maximum atomic E-state index is 5.68. The summed E-state index contributed by atoms with van der Waals surface area (Å²) < 4.78 is 5.00. The summed E-state index contributed by atoms with van der Waals surface area (Å²) in [7, 11) is 1.59. The lowest BCUT2D eigenvalue weighted by Gasteiger charge is -2.09. The topological polar surface area (TPSA) is 73.1 Å². The second-order valence-electron chi connectivity index (χ2n) is 3.77. The minimum absolute atomic E-state index is 0.529. The van der Waals surface area contributed by atoms with Crippen molar-refractivity contribution in [3.63, 3.8) is 0 Å². The third-order valence-corrected chi connectivity index (χ3v) is 2.64. The molecular formula is C13H16N4O. The van der Waals surface area contributed by atoms with Crippen LogP contribution in [0.5, 0.6) is 5.75 Å². The molecular weight excluding hydrogens is 228 g/mol. The summed E-state index contributed by atoms with van der Waals surface area (Å²) in [5.41, 5.74) is 7.96. The number of rotatable bonds is 5. The van der Waals surface area contributed by atoms with Crippen molar-refractivity contribution in [3.8, 4) is 5.75 Å². The molecule has 0 spiro atoms. The van der Waals surface area contributed by atoms with E-state index < -0.39 is 0 Å². The van der Waals surface area contributed by atoms with E-state index in [9.17, 15) is 0 Å². The summed E-state index contributed by atoms with van der Waals surface area (Å²) in [6.45, 7) is 1.18. The SMILES string of the molecule is COc1cnc(NCc2ccccc2CN)nc1. The zero-order valence-electron chi connectivity index (χ0n) is 10.3. The largest absolute Gasteiger partial charge is 0.494 e. The average molecular weight is 244 g/mol. The van der Waals surface area contributed by atoms with Gasteiger partial charge in [0.2, 0.25) is 5.95 Å². The van der Waals surface area contributed by atoms with Crippen LogP contribution >= 0.6 is 0 Å². The van der Waals surface area contributed by atoms with E-state index in [0.717, 1.165) is 11.1 Å². The van der Waals surface area contributed by atoms with Gasteiger partial charge in [0.1, 0.15) is 0 Å². The second kappa shape index (κ2) is 5.97. The molecule has 1 aromatic heterocycles. The summed E-state index contributed by atoms with van der Waals surface area (Å²) in [5.74, 6) is 1.21. The molecule has 2 aromatic rings. The molecule has 0 saturated heterocycles. The maximum Gasteiger partial charge on any atom is 0.223 e. The number of nitrogens with zero attached hydrogens (tertiary/aromatic N) is 2. The first-order chi connectivity index (χ1) is 8.83. The lowest BCUT2D eigenvalue weighted by molar-refractivity contribution is 0.411. The number of ether oxygens (including phenoxy) is 1. The van der Waals surface area contributed by atoms with Crippen molar-refractivity contribution in [1.29, 1.82) is 0 Å². The number of anilines is 1. The second-order valence-corrected chi connectivity index (χ2v) is 3.77. The Morgan fingerprint density at radius 1 is 1.17 bits per heavy atom. The van der Waals surface area contributed by atoms with Crippen LogP contribution in [0.15, 0.2) is 36.7 Å². The number of nitrogens with two attached hydrogens (primary N) is 1. The van der Waals surface area contributed by atoms with E-state index in [4.69, 9.17) is 10.5 Å². The van der Waals surface area contributed by atoms with Crippen molar-refractivity contribution in [2.24, 2.45) is 5.73 Å². The Hall–Kier alpha value is -2.14. The predicted octanol–water partition coefficient (Wildman–Crippen LogP) is 1.56. The number of hydrogen-bond donors (Lipinski definition) is 2. The van der Waals surface area contributed by atoms with E-state index in [1.165, 1.54) is 0 Å². The summed E-state index contributed by atoms with van der Waals surface area (Å²) in [4.78, 5) is 8.28. The summed E-state index contributed by atoms with van der Waals surface area (Å²) in [5, 5.41) is 3.15. The molecule has 0 unspecified atom stereocenters. The van der Waals surface area contributed by atoms with Crippen molar-refractivity contribution in [2.45, 2.75) is 13.1 Å². The quantitative estimate of drug-likeness (QED) is 0.835. The van der Waals surface area contributed by atoms with Gasteiger partial charge in [-0.05, 0) is 11.1 Å². The number of methoxy groups -OCH3 is 1. The Labute approximate surface area is 106 Å². The van der Waals surface area contributed by atoms with Gasteiger partial charge in [0.25, 0.3) is 0 Å². The molecule has 0 aliphatic heterocycles. The van der Waals surface area contributed by atoms with E-state index in [-0.39, 0.29) is 0 Å². The van der Waals surface area contributed by atoms with Crippen LogP contribution in [-0.4, -0.2) is 17.1 Å². The van der Waals surface area contributed by atoms with Gasteiger partial charge in [-0.25, -0.2) is 9.97 Å². The Morgan fingerprint density at radius 3 is 2.44 bits per heavy atom. The van der Waals surface area contributed by atoms with Gasteiger partial charge in [-0.3, -0.25) is 0 Å². The fourth-order valence-corrected chi connectivity index (χ4v) is 1.62. The normalized spacial score (nSPS) is 10.1. The molecule has 5 nitrogen and oxygen atoms in total. The fraction of sp³-hybridized carbons (Fsp3) is 0.231. The monoisotopic (exact) mass is 244 g/mol. The van der Waals surface area contributed by atoms with E-state index in [1.807, 2.05) is 24.3 Å². The van der Waals surface area contributed by atoms with Gasteiger partial charge in [-0.1, -0.05) is 24.3 Å². The molecule has 0 bridgehead atoms. The number of benzene rings is 1. The predicted molar refractivity (Wildman–Crippen MR) is 70.2 cm³/mol. The van der Waals surface area contributed by atoms with Gasteiger partial charge in [0.05, 0.1) is 19.5 Å². The zero-order chi connectivity index (χ0) is 12.8. The van der Waals surface area contributed by atoms with E-state index >= 15 is 0 Å². The molecule has 0 fully saturated rings. The zero-order valence-corrected chi connectivity index (χ0v) is 10.3. The Bertz CT molecular complexity index is 499. The highest BCUT2D eigenvalue weighted by Gasteiger charge is 2.01. The van der Waals surface area contributed by atoms with Crippen molar-refractivity contribution in [2.75, 3.05) is 12.4 Å². The lowest BCUT2D eigenvalue weighted by atomic mass is 10.1. The summed E-state index contributed by atoms with van der Waals surface area (Å²) in [6, 6.07) is 8.03. The first-order valence-corrected chi connectivity index (χ1v) is 5.70. The number of nitrogens with one attached hydrogen (secondary N) is 1. The lowest BCUT2D eigenvalue weighted by Crippen LogP contribution is -2.08. The average Bonchev–Trinajstić information content (AvgIpc) is 2.46. The van der Waals surface area contributed by atoms with Gasteiger partial charge in [-0.15, -0.1) is 0 Å². The van der Waals surface area contributed by atoms with E-state index in [2.05, 4.69) is 15.3 Å². The molecule has 3 N–H and O–H groups in total. The van der Waals surface area contributed by atoms with Gasteiger partial charge < -0.3 is 15.8 Å². The molecule has 18 heavy (non-hydrogen) atoms. The Morgan fingerprint density at radius 2 is 1.83 bits per heavy atom. The highest BCUT2D eigenvalue weighted by atomic mass is 16.5. The third-order valence-electron chi connectivity index (χ3n) is 2.64. The van der Waals surface area contributed by atoms with E-state index in [1.54, 1.807) is 19.5 Å². The van der Waals surface area contributed by atoms with Crippen LogP contribution in [0.1, 0.15) is 11.1 Å². The molecule has 1 aromatic carbocycles. The van der Waals surface area contributed by atoms with Crippen LogP contribution in [0.3, 0.4) is 0 Å². The molecule has 0 radical (unpaired) electrons. The van der Waals surface area contributed by atoms with Crippen molar-refractivity contribution in [1.82, 2.24) is 9.97 Å². The molecule has 94 valence electrons. The van der Waals surface area contributed by atoms with Crippen LogP contribution in [0.25, 0.3) is 0 Å². The molecule has 0 amide bonds. The van der Waals surface area contributed by atoms with Crippen LogP contribution in [0.4, 0.5) is 5.95 Å². The van der Waals surface area contributed by atoms with Gasteiger partial charge >= 0.3 is 0 Å². The summed E-state index contributed by atoms with van der Waals surface area (Å²) >= 11 is 0. The van der Waals surface area contributed by atoms with Crippen LogP contribution < -0.4 is 15.8 Å². The first-order valence-electron chi connectivity index (χ1n) is 5.70. The van der Waals surface area contributed by atoms with Gasteiger partial charge in [0, 0.05) is 13.1 Å². The molecule has 0 aliphatic carbocycles. The third kappa shape index (κ3) is 2.95. The molecule has 0 aliphatic rings. The highest BCUT2D eigenvalue weighted by molar-refractivity contribution is 5.33. The smallest absolute Gasteiger partial charge is 0.223 e. The molecule has 0 saturated carbocycles. The Balaban J connectivity index is 2.02. The molecule has 0 atom stereocenters. The minimum Gasteiger partial charge on any atom is -0.494 e. The Kier molecular flexibility index (Phi) is 4.09. The minimum atomic E-state index is 0.529. The van der Waals surface area contributed by atoms with E-state index in [0.29, 0.717) is 24.8 Å². The molecule has 2 rings (SSSR count). The molecule has 1 heterocycles. The summed E-state index contributed by atoms with van der Waals surface area (Å²) in [6.07, 6.45) is 3.26. The van der Waals surface area contributed by atoms with Gasteiger partial charge in [-0.2, -0.15) is 0 Å².